The Bertz CT molecular complexity index is 622. The standard InChI is InChI=1S/C12H14FNO5S/c13-9-3-1-2-4-10(9)20(18,19)14-7-5-12(17,6-8-14)11(15)16/h1-4,17H,5-8H2,(H,15,16). The van der Waals surface area contributed by atoms with Gasteiger partial charge in [0.15, 0.2) is 5.60 Å². The number of halogens is 1. The molecule has 0 amide bonds. The van der Waals surface area contributed by atoms with E-state index >= 15 is 0 Å². The summed E-state index contributed by atoms with van der Waals surface area (Å²) in [6.45, 7) is -0.334. The normalized spacial score (nSPS) is 19.7. The van der Waals surface area contributed by atoms with E-state index in [9.17, 15) is 22.7 Å². The van der Waals surface area contributed by atoms with Gasteiger partial charge in [0.2, 0.25) is 10.0 Å². The van der Waals surface area contributed by atoms with E-state index in [0.717, 1.165) is 16.4 Å². The van der Waals surface area contributed by atoms with Crippen molar-refractivity contribution in [1.29, 1.82) is 0 Å². The molecule has 2 rings (SSSR count). The summed E-state index contributed by atoms with van der Waals surface area (Å²) in [5.41, 5.74) is -1.92. The van der Waals surface area contributed by atoms with Crippen LogP contribution in [0.3, 0.4) is 0 Å². The number of carbonyl (C=O) groups is 1. The van der Waals surface area contributed by atoms with Crippen molar-refractivity contribution in [2.24, 2.45) is 0 Å². The Hall–Kier alpha value is -1.51. The molecule has 2 N–H and O–H groups in total. The molecule has 1 fully saturated rings. The lowest BCUT2D eigenvalue weighted by Gasteiger charge is -2.34. The molecule has 0 atom stereocenters. The van der Waals surface area contributed by atoms with Gasteiger partial charge >= 0.3 is 5.97 Å². The molecule has 1 aromatic rings. The highest BCUT2D eigenvalue weighted by molar-refractivity contribution is 7.89. The molecule has 1 aliphatic heterocycles. The summed E-state index contributed by atoms with van der Waals surface area (Å²) in [4.78, 5) is 10.4. The molecule has 1 aromatic carbocycles. The molecule has 1 heterocycles. The number of rotatable bonds is 3. The lowest BCUT2D eigenvalue weighted by Crippen LogP contribution is -2.50. The molecule has 20 heavy (non-hydrogen) atoms. The van der Waals surface area contributed by atoms with Crippen molar-refractivity contribution in [2.45, 2.75) is 23.3 Å². The molecule has 110 valence electrons. The third-order valence-electron chi connectivity index (χ3n) is 3.40. The molecule has 1 aliphatic rings. The highest BCUT2D eigenvalue weighted by atomic mass is 32.2. The minimum absolute atomic E-state index is 0.167. The zero-order chi connectivity index (χ0) is 15.0. The number of benzene rings is 1. The van der Waals surface area contributed by atoms with Crippen LogP contribution in [0.2, 0.25) is 0 Å². The van der Waals surface area contributed by atoms with E-state index in [0.29, 0.717) is 0 Å². The van der Waals surface area contributed by atoms with E-state index in [-0.39, 0.29) is 25.9 Å². The van der Waals surface area contributed by atoms with Crippen LogP contribution in [0, 0.1) is 5.82 Å². The van der Waals surface area contributed by atoms with Crippen molar-refractivity contribution in [3.8, 4) is 0 Å². The Morgan fingerprint density at radius 3 is 2.30 bits per heavy atom. The fourth-order valence-corrected chi connectivity index (χ4v) is 3.61. The summed E-state index contributed by atoms with van der Waals surface area (Å²) in [6.07, 6.45) is -0.452. The van der Waals surface area contributed by atoms with Gasteiger partial charge in [0, 0.05) is 25.9 Å². The summed E-state index contributed by atoms with van der Waals surface area (Å²) in [5.74, 6) is -2.23. The molecule has 0 aliphatic carbocycles. The predicted molar refractivity (Wildman–Crippen MR) is 67.0 cm³/mol. The van der Waals surface area contributed by atoms with Crippen LogP contribution in [-0.2, 0) is 14.8 Å². The molecule has 1 saturated heterocycles. The second-order valence-corrected chi connectivity index (χ2v) is 6.58. The highest BCUT2D eigenvalue weighted by Gasteiger charge is 2.42. The number of hydrogen-bond acceptors (Lipinski definition) is 4. The molecule has 0 bridgehead atoms. The van der Waals surface area contributed by atoms with Crippen LogP contribution in [0.1, 0.15) is 12.8 Å². The van der Waals surface area contributed by atoms with Crippen LogP contribution in [0.15, 0.2) is 29.2 Å². The molecular weight excluding hydrogens is 289 g/mol. The predicted octanol–water partition coefficient (Wildman–Crippen LogP) is 0.426. The zero-order valence-electron chi connectivity index (χ0n) is 10.5. The second-order valence-electron chi connectivity index (χ2n) is 4.67. The highest BCUT2D eigenvalue weighted by Crippen LogP contribution is 2.27. The summed E-state index contributed by atoms with van der Waals surface area (Å²) < 4.78 is 39.1. The topological polar surface area (TPSA) is 94.9 Å². The SMILES string of the molecule is O=C(O)C1(O)CCN(S(=O)(=O)c2ccccc2F)CC1. The molecule has 0 radical (unpaired) electrons. The van der Waals surface area contributed by atoms with Gasteiger partial charge in [-0.25, -0.2) is 17.6 Å². The maximum Gasteiger partial charge on any atom is 0.335 e. The Kier molecular flexibility index (Phi) is 3.81. The molecule has 0 spiro atoms. The molecular formula is C12H14FNO5S. The van der Waals surface area contributed by atoms with Crippen molar-refractivity contribution in [3.63, 3.8) is 0 Å². The first-order chi connectivity index (χ1) is 9.27. The minimum atomic E-state index is -4.01. The number of piperidine rings is 1. The fourth-order valence-electron chi connectivity index (χ4n) is 2.10. The van der Waals surface area contributed by atoms with Crippen LogP contribution < -0.4 is 0 Å². The van der Waals surface area contributed by atoms with Gasteiger partial charge in [0.25, 0.3) is 0 Å². The first-order valence-electron chi connectivity index (χ1n) is 5.98. The quantitative estimate of drug-likeness (QED) is 0.844. The third kappa shape index (κ3) is 2.54. The average molecular weight is 303 g/mol. The summed E-state index contributed by atoms with van der Waals surface area (Å²) in [6, 6.07) is 4.99. The van der Waals surface area contributed by atoms with Gasteiger partial charge in [-0.1, -0.05) is 12.1 Å². The second kappa shape index (κ2) is 5.12. The van der Waals surface area contributed by atoms with Gasteiger partial charge in [0.1, 0.15) is 10.7 Å². The van der Waals surface area contributed by atoms with E-state index in [1.807, 2.05) is 0 Å². The summed E-state index contributed by atoms with van der Waals surface area (Å²) in [7, 11) is -4.01. The lowest BCUT2D eigenvalue weighted by molar-refractivity contribution is -0.162. The largest absolute Gasteiger partial charge is 0.479 e. The maximum absolute atomic E-state index is 13.6. The Morgan fingerprint density at radius 1 is 1.25 bits per heavy atom. The van der Waals surface area contributed by atoms with E-state index in [1.54, 1.807) is 0 Å². The molecule has 6 nitrogen and oxygen atoms in total. The molecule has 8 heteroatoms. The van der Waals surface area contributed by atoms with E-state index in [2.05, 4.69) is 0 Å². The fraction of sp³-hybridized carbons (Fsp3) is 0.417. The van der Waals surface area contributed by atoms with Gasteiger partial charge in [-0.3, -0.25) is 0 Å². The van der Waals surface area contributed by atoms with Crippen LogP contribution in [0.5, 0.6) is 0 Å². The monoisotopic (exact) mass is 303 g/mol. The number of hydrogen-bond donors (Lipinski definition) is 2. The van der Waals surface area contributed by atoms with Crippen molar-refractivity contribution in [2.75, 3.05) is 13.1 Å². The molecule has 0 saturated carbocycles. The van der Waals surface area contributed by atoms with Gasteiger partial charge < -0.3 is 10.2 Å². The number of carboxylic acid groups (broad SMARTS) is 1. The van der Waals surface area contributed by atoms with Crippen molar-refractivity contribution < 1.29 is 27.8 Å². The van der Waals surface area contributed by atoms with Gasteiger partial charge in [0.05, 0.1) is 0 Å². The number of carboxylic acids is 1. The number of aliphatic hydroxyl groups is 1. The van der Waals surface area contributed by atoms with Gasteiger partial charge in [-0.05, 0) is 12.1 Å². The number of aliphatic carboxylic acids is 1. The van der Waals surface area contributed by atoms with E-state index in [1.165, 1.54) is 12.1 Å². The van der Waals surface area contributed by atoms with Gasteiger partial charge in [-0.2, -0.15) is 4.31 Å². The van der Waals surface area contributed by atoms with Crippen molar-refractivity contribution >= 4 is 16.0 Å². The summed E-state index contributed by atoms with van der Waals surface area (Å²) in [5, 5.41) is 18.6. The smallest absolute Gasteiger partial charge is 0.335 e. The minimum Gasteiger partial charge on any atom is -0.479 e. The van der Waals surface area contributed by atoms with Crippen LogP contribution >= 0.6 is 0 Å². The number of nitrogens with zero attached hydrogens (tertiary/aromatic N) is 1. The zero-order valence-corrected chi connectivity index (χ0v) is 11.3. The van der Waals surface area contributed by atoms with Crippen LogP contribution in [-0.4, -0.2) is 47.6 Å². The first-order valence-corrected chi connectivity index (χ1v) is 7.42. The van der Waals surface area contributed by atoms with Crippen LogP contribution in [0.4, 0.5) is 4.39 Å². The van der Waals surface area contributed by atoms with Crippen LogP contribution in [0.25, 0.3) is 0 Å². The maximum atomic E-state index is 13.6. The Morgan fingerprint density at radius 2 is 1.80 bits per heavy atom. The Labute approximate surface area is 115 Å². The molecule has 0 unspecified atom stereocenters. The van der Waals surface area contributed by atoms with E-state index < -0.39 is 32.3 Å². The lowest BCUT2D eigenvalue weighted by atomic mass is 9.93. The number of sulfonamides is 1. The van der Waals surface area contributed by atoms with Gasteiger partial charge in [-0.15, -0.1) is 0 Å². The Balaban J connectivity index is 2.22. The summed E-state index contributed by atoms with van der Waals surface area (Å²) >= 11 is 0. The average Bonchev–Trinajstić information content (AvgIpc) is 2.39. The van der Waals surface area contributed by atoms with Crippen molar-refractivity contribution in [3.05, 3.63) is 30.1 Å². The molecule has 0 aromatic heterocycles. The third-order valence-corrected chi connectivity index (χ3v) is 5.33. The van der Waals surface area contributed by atoms with E-state index in [4.69, 9.17) is 5.11 Å². The first kappa shape index (κ1) is 14.9. The van der Waals surface area contributed by atoms with Crippen molar-refractivity contribution in [1.82, 2.24) is 4.31 Å².